The molecule has 0 bridgehead atoms. The van der Waals surface area contributed by atoms with Crippen molar-refractivity contribution in [2.24, 2.45) is 0 Å². The quantitative estimate of drug-likeness (QED) is 0.699. The van der Waals surface area contributed by atoms with E-state index in [-0.39, 0.29) is 5.91 Å². The van der Waals surface area contributed by atoms with E-state index in [4.69, 9.17) is 4.74 Å². The molecule has 1 aromatic rings. The standard InChI is InChI=1S/C23H36N2O2/c1-3-20-12-6-7-16-25(20)17-9-15-24-23(26)18(2)27-22-14-8-11-19-10-4-5-13-21(19)22/h8,11,14,18,20H,3-7,9-10,12-13,15-17H2,1-2H3,(H,24,26)/t18-,20+/m1/s1. The zero-order chi connectivity index (χ0) is 19.1. The van der Waals surface area contributed by atoms with E-state index in [2.05, 4.69) is 23.2 Å². The molecule has 1 aromatic carbocycles. The molecule has 1 heterocycles. The van der Waals surface area contributed by atoms with E-state index >= 15 is 0 Å². The Morgan fingerprint density at radius 1 is 1.26 bits per heavy atom. The number of aryl methyl sites for hydroxylation is 1. The summed E-state index contributed by atoms with van der Waals surface area (Å²) in [6, 6.07) is 6.99. The van der Waals surface area contributed by atoms with Crippen LogP contribution in [0.4, 0.5) is 0 Å². The van der Waals surface area contributed by atoms with Crippen molar-refractivity contribution in [1.82, 2.24) is 10.2 Å². The Labute approximate surface area is 164 Å². The number of fused-ring (bicyclic) bond motifs is 1. The fourth-order valence-corrected chi connectivity index (χ4v) is 4.55. The van der Waals surface area contributed by atoms with Crippen LogP contribution >= 0.6 is 0 Å². The number of nitrogens with one attached hydrogen (secondary N) is 1. The molecule has 4 nitrogen and oxygen atoms in total. The maximum Gasteiger partial charge on any atom is 0.260 e. The number of likely N-dealkylation sites (tertiary alicyclic amines) is 1. The molecular formula is C23H36N2O2. The summed E-state index contributed by atoms with van der Waals surface area (Å²) < 4.78 is 6.03. The maximum atomic E-state index is 12.4. The van der Waals surface area contributed by atoms with E-state index in [1.54, 1.807) is 0 Å². The Morgan fingerprint density at radius 2 is 2.11 bits per heavy atom. The van der Waals surface area contributed by atoms with Gasteiger partial charge in [-0.05, 0) is 82.0 Å². The third kappa shape index (κ3) is 5.47. The average Bonchev–Trinajstić information content (AvgIpc) is 2.71. The Bertz CT molecular complexity index is 616. The number of rotatable bonds is 8. The van der Waals surface area contributed by atoms with Gasteiger partial charge in [0.15, 0.2) is 6.10 Å². The van der Waals surface area contributed by atoms with Crippen molar-refractivity contribution in [1.29, 1.82) is 0 Å². The van der Waals surface area contributed by atoms with Crippen LogP contribution in [0.3, 0.4) is 0 Å². The lowest BCUT2D eigenvalue weighted by Crippen LogP contribution is -2.41. The molecule has 27 heavy (non-hydrogen) atoms. The first kappa shape index (κ1) is 20.2. The second-order valence-electron chi connectivity index (χ2n) is 8.10. The first-order chi connectivity index (χ1) is 13.2. The third-order valence-electron chi connectivity index (χ3n) is 6.17. The van der Waals surface area contributed by atoms with Gasteiger partial charge in [0.1, 0.15) is 5.75 Å². The van der Waals surface area contributed by atoms with E-state index in [1.165, 1.54) is 56.2 Å². The van der Waals surface area contributed by atoms with Gasteiger partial charge in [-0.2, -0.15) is 0 Å². The lowest BCUT2D eigenvalue weighted by Gasteiger charge is -2.35. The Balaban J connectivity index is 1.42. The van der Waals surface area contributed by atoms with Crippen LogP contribution in [-0.2, 0) is 17.6 Å². The van der Waals surface area contributed by atoms with Crippen molar-refractivity contribution in [2.45, 2.75) is 83.8 Å². The van der Waals surface area contributed by atoms with Gasteiger partial charge in [-0.1, -0.05) is 25.5 Å². The van der Waals surface area contributed by atoms with Crippen LogP contribution in [0.25, 0.3) is 0 Å². The minimum atomic E-state index is -0.447. The van der Waals surface area contributed by atoms with Gasteiger partial charge in [0.05, 0.1) is 0 Å². The number of amides is 1. The molecule has 0 aromatic heterocycles. The number of nitrogens with zero attached hydrogens (tertiary/aromatic N) is 1. The Hall–Kier alpha value is -1.55. The first-order valence-corrected chi connectivity index (χ1v) is 11.0. The van der Waals surface area contributed by atoms with Crippen LogP contribution < -0.4 is 10.1 Å². The molecule has 2 atom stereocenters. The predicted octanol–water partition coefficient (Wildman–Crippen LogP) is 4.10. The number of ether oxygens (including phenoxy) is 1. The monoisotopic (exact) mass is 372 g/mol. The highest BCUT2D eigenvalue weighted by atomic mass is 16.5. The van der Waals surface area contributed by atoms with Crippen LogP contribution in [0.2, 0.25) is 0 Å². The average molecular weight is 373 g/mol. The minimum absolute atomic E-state index is 0.00546. The smallest absolute Gasteiger partial charge is 0.260 e. The van der Waals surface area contributed by atoms with Crippen molar-refractivity contribution < 1.29 is 9.53 Å². The van der Waals surface area contributed by atoms with Crippen molar-refractivity contribution in [2.75, 3.05) is 19.6 Å². The van der Waals surface area contributed by atoms with Gasteiger partial charge in [0.2, 0.25) is 0 Å². The van der Waals surface area contributed by atoms with E-state index in [1.807, 2.05) is 19.1 Å². The Morgan fingerprint density at radius 3 is 2.96 bits per heavy atom. The summed E-state index contributed by atoms with van der Waals surface area (Å²) in [7, 11) is 0. The maximum absolute atomic E-state index is 12.4. The van der Waals surface area contributed by atoms with Crippen LogP contribution in [0.15, 0.2) is 18.2 Å². The van der Waals surface area contributed by atoms with Gasteiger partial charge in [0, 0.05) is 19.1 Å². The largest absolute Gasteiger partial charge is 0.481 e. The third-order valence-corrected chi connectivity index (χ3v) is 6.17. The van der Waals surface area contributed by atoms with Gasteiger partial charge in [-0.15, -0.1) is 0 Å². The molecule has 1 aliphatic heterocycles. The summed E-state index contributed by atoms with van der Waals surface area (Å²) >= 11 is 0. The number of hydrogen-bond donors (Lipinski definition) is 1. The molecule has 2 aliphatic rings. The van der Waals surface area contributed by atoms with Crippen molar-refractivity contribution >= 4 is 5.91 Å². The van der Waals surface area contributed by atoms with Crippen molar-refractivity contribution in [3.05, 3.63) is 29.3 Å². The van der Waals surface area contributed by atoms with E-state index in [9.17, 15) is 4.79 Å². The molecule has 3 rings (SSSR count). The normalized spacial score (nSPS) is 21.3. The molecule has 0 radical (unpaired) electrons. The van der Waals surface area contributed by atoms with E-state index < -0.39 is 6.10 Å². The molecular weight excluding hydrogens is 336 g/mol. The lowest BCUT2D eigenvalue weighted by atomic mass is 9.91. The number of benzene rings is 1. The fraction of sp³-hybridized carbons (Fsp3) is 0.696. The van der Waals surface area contributed by atoms with Gasteiger partial charge in [0.25, 0.3) is 5.91 Å². The molecule has 0 spiro atoms. The molecule has 1 saturated heterocycles. The fourth-order valence-electron chi connectivity index (χ4n) is 4.55. The molecule has 1 N–H and O–H groups in total. The molecule has 1 aliphatic carbocycles. The molecule has 0 unspecified atom stereocenters. The SMILES string of the molecule is CC[C@H]1CCCCN1CCCNC(=O)[C@@H](C)Oc1cccc2c1CCCC2. The summed E-state index contributed by atoms with van der Waals surface area (Å²) in [5, 5.41) is 3.06. The van der Waals surface area contributed by atoms with E-state index in [0.29, 0.717) is 0 Å². The molecule has 0 saturated carbocycles. The molecule has 150 valence electrons. The second kappa shape index (κ2) is 10.1. The Kier molecular flexibility index (Phi) is 7.57. The topological polar surface area (TPSA) is 41.6 Å². The molecule has 1 fully saturated rings. The van der Waals surface area contributed by atoms with Crippen molar-refractivity contribution in [3.8, 4) is 5.75 Å². The number of piperidine rings is 1. The second-order valence-corrected chi connectivity index (χ2v) is 8.10. The van der Waals surface area contributed by atoms with Crippen LogP contribution in [0.5, 0.6) is 5.75 Å². The number of hydrogen-bond acceptors (Lipinski definition) is 3. The molecule has 4 heteroatoms. The summed E-state index contributed by atoms with van der Waals surface area (Å²) in [5.41, 5.74) is 2.69. The van der Waals surface area contributed by atoms with Gasteiger partial charge < -0.3 is 15.0 Å². The zero-order valence-electron chi connectivity index (χ0n) is 17.1. The zero-order valence-corrected chi connectivity index (χ0v) is 17.1. The minimum Gasteiger partial charge on any atom is -0.481 e. The van der Waals surface area contributed by atoms with E-state index in [0.717, 1.165) is 44.1 Å². The van der Waals surface area contributed by atoms with Gasteiger partial charge in [-0.3, -0.25) is 4.79 Å². The van der Waals surface area contributed by atoms with Crippen LogP contribution in [0.1, 0.15) is 69.9 Å². The van der Waals surface area contributed by atoms with Gasteiger partial charge in [-0.25, -0.2) is 0 Å². The number of carbonyl (C=O) groups excluding carboxylic acids is 1. The highest BCUT2D eigenvalue weighted by Gasteiger charge is 2.21. The highest BCUT2D eigenvalue weighted by Crippen LogP contribution is 2.30. The van der Waals surface area contributed by atoms with Crippen LogP contribution in [-0.4, -0.2) is 42.6 Å². The van der Waals surface area contributed by atoms with Crippen LogP contribution in [0, 0.1) is 0 Å². The molecule has 1 amide bonds. The summed E-state index contributed by atoms with van der Waals surface area (Å²) in [6.45, 7) is 7.17. The summed E-state index contributed by atoms with van der Waals surface area (Å²) in [6.07, 6.45) is 10.5. The summed E-state index contributed by atoms with van der Waals surface area (Å²) in [5.74, 6) is 0.892. The van der Waals surface area contributed by atoms with Gasteiger partial charge >= 0.3 is 0 Å². The first-order valence-electron chi connectivity index (χ1n) is 11.0. The predicted molar refractivity (Wildman–Crippen MR) is 110 cm³/mol. The number of carbonyl (C=O) groups is 1. The highest BCUT2D eigenvalue weighted by molar-refractivity contribution is 5.80. The summed E-state index contributed by atoms with van der Waals surface area (Å²) in [4.78, 5) is 15.0. The lowest BCUT2D eigenvalue weighted by molar-refractivity contribution is -0.127. The van der Waals surface area contributed by atoms with Crippen molar-refractivity contribution in [3.63, 3.8) is 0 Å².